The lowest BCUT2D eigenvalue weighted by Gasteiger charge is -2.22. The van der Waals surface area contributed by atoms with Gasteiger partial charge in [0.1, 0.15) is 11.6 Å². The van der Waals surface area contributed by atoms with Crippen molar-refractivity contribution in [1.82, 2.24) is 5.32 Å². The molecular weight excluding hydrogens is 305 g/mol. The number of carbonyl (C=O) groups excluding carboxylic acids is 1. The van der Waals surface area contributed by atoms with Crippen molar-refractivity contribution in [3.63, 3.8) is 0 Å². The number of carbonyl (C=O) groups is 1. The molecule has 0 aromatic heterocycles. The van der Waals surface area contributed by atoms with Crippen LogP contribution in [-0.4, -0.2) is 19.1 Å². The van der Waals surface area contributed by atoms with Crippen LogP contribution in [0.5, 0.6) is 5.75 Å². The summed E-state index contributed by atoms with van der Waals surface area (Å²) >= 11 is 0. The summed E-state index contributed by atoms with van der Waals surface area (Å²) in [5, 5.41) is 2.82. The highest BCUT2D eigenvalue weighted by Crippen LogP contribution is 2.30. The third-order valence-corrected chi connectivity index (χ3v) is 3.70. The van der Waals surface area contributed by atoms with Crippen molar-refractivity contribution in [2.75, 3.05) is 13.2 Å². The molecule has 0 aliphatic carbocycles. The summed E-state index contributed by atoms with van der Waals surface area (Å²) in [6, 6.07) is 14.0. The molecule has 2 aromatic carbocycles. The third-order valence-electron chi connectivity index (χ3n) is 3.70. The van der Waals surface area contributed by atoms with Crippen molar-refractivity contribution in [3.05, 3.63) is 65.5 Å². The van der Waals surface area contributed by atoms with E-state index < -0.39 is 0 Å². The normalized spacial score (nSPS) is 11.2. The van der Waals surface area contributed by atoms with Gasteiger partial charge in [-0.3, -0.25) is 4.79 Å². The summed E-state index contributed by atoms with van der Waals surface area (Å²) in [4.78, 5) is 11.9. The molecule has 0 spiro atoms. The van der Waals surface area contributed by atoms with Crippen molar-refractivity contribution in [2.24, 2.45) is 0 Å². The molecule has 0 fully saturated rings. The zero-order chi connectivity index (χ0) is 17.6. The van der Waals surface area contributed by atoms with Crippen LogP contribution in [0.1, 0.15) is 31.9 Å². The molecule has 0 aliphatic heterocycles. The molecular formula is C20H24FNO2. The average molecular weight is 329 g/mol. The van der Waals surface area contributed by atoms with Crippen LogP contribution in [0, 0.1) is 5.82 Å². The van der Waals surface area contributed by atoms with E-state index in [0.29, 0.717) is 13.0 Å². The number of para-hydroxylation sites is 1. The number of ether oxygens (including phenoxy) is 1. The number of amides is 1. The monoisotopic (exact) mass is 329 g/mol. The Labute approximate surface area is 142 Å². The predicted molar refractivity (Wildman–Crippen MR) is 93.8 cm³/mol. The number of rotatable bonds is 6. The SMILES string of the molecule is CC(C)(C)c1ccccc1OCC(=O)NCCc1ccc(F)cc1. The minimum Gasteiger partial charge on any atom is -0.483 e. The van der Waals surface area contributed by atoms with Gasteiger partial charge in [0.2, 0.25) is 0 Å². The first kappa shape index (κ1) is 18.0. The second kappa shape index (κ2) is 7.95. The second-order valence-electron chi connectivity index (χ2n) is 6.76. The van der Waals surface area contributed by atoms with Gasteiger partial charge in [0.25, 0.3) is 5.91 Å². The van der Waals surface area contributed by atoms with E-state index in [1.165, 1.54) is 12.1 Å². The van der Waals surface area contributed by atoms with Crippen molar-refractivity contribution < 1.29 is 13.9 Å². The molecule has 0 saturated carbocycles. The Hall–Kier alpha value is -2.36. The number of hydrogen-bond acceptors (Lipinski definition) is 2. The summed E-state index contributed by atoms with van der Waals surface area (Å²) in [6.45, 7) is 6.80. The number of nitrogens with one attached hydrogen (secondary N) is 1. The Bertz CT molecular complexity index is 675. The van der Waals surface area contributed by atoms with E-state index in [-0.39, 0.29) is 23.7 Å². The fourth-order valence-corrected chi connectivity index (χ4v) is 2.40. The Morgan fingerprint density at radius 2 is 1.75 bits per heavy atom. The zero-order valence-electron chi connectivity index (χ0n) is 14.4. The van der Waals surface area contributed by atoms with Gasteiger partial charge in [-0.25, -0.2) is 4.39 Å². The van der Waals surface area contributed by atoms with Crippen LogP contribution in [0.15, 0.2) is 48.5 Å². The highest BCUT2D eigenvalue weighted by Gasteiger charge is 2.18. The number of benzene rings is 2. The van der Waals surface area contributed by atoms with Gasteiger partial charge in [0, 0.05) is 6.54 Å². The second-order valence-corrected chi connectivity index (χ2v) is 6.76. The van der Waals surface area contributed by atoms with E-state index in [1.54, 1.807) is 12.1 Å². The maximum atomic E-state index is 12.8. The van der Waals surface area contributed by atoms with E-state index in [4.69, 9.17) is 4.74 Å². The van der Waals surface area contributed by atoms with E-state index >= 15 is 0 Å². The maximum absolute atomic E-state index is 12.8. The van der Waals surface area contributed by atoms with Crippen molar-refractivity contribution in [3.8, 4) is 5.75 Å². The first-order valence-corrected chi connectivity index (χ1v) is 8.10. The molecule has 0 heterocycles. The number of halogens is 1. The van der Waals surface area contributed by atoms with Gasteiger partial charge >= 0.3 is 0 Å². The largest absolute Gasteiger partial charge is 0.483 e. The van der Waals surface area contributed by atoms with Crippen LogP contribution in [0.25, 0.3) is 0 Å². The molecule has 0 unspecified atom stereocenters. The lowest BCUT2D eigenvalue weighted by atomic mass is 9.86. The van der Waals surface area contributed by atoms with E-state index in [0.717, 1.165) is 16.9 Å². The molecule has 0 bridgehead atoms. The van der Waals surface area contributed by atoms with Gasteiger partial charge < -0.3 is 10.1 Å². The average Bonchev–Trinajstić information content (AvgIpc) is 2.54. The van der Waals surface area contributed by atoms with Gasteiger partial charge in [-0.1, -0.05) is 51.1 Å². The van der Waals surface area contributed by atoms with Crippen LogP contribution in [0.2, 0.25) is 0 Å². The molecule has 4 heteroatoms. The van der Waals surface area contributed by atoms with Gasteiger partial charge in [0.15, 0.2) is 6.61 Å². The molecule has 24 heavy (non-hydrogen) atoms. The Kier molecular flexibility index (Phi) is 5.96. The maximum Gasteiger partial charge on any atom is 0.257 e. The lowest BCUT2D eigenvalue weighted by molar-refractivity contribution is -0.123. The highest BCUT2D eigenvalue weighted by atomic mass is 19.1. The predicted octanol–water partition coefficient (Wildman–Crippen LogP) is 3.86. The molecule has 0 aliphatic rings. The van der Waals surface area contributed by atoms with Crippen LogP contribution in [0.3, 0.4) is 0 Å². The first-order valence-electron chi connectivity index (χ1n) is 8.10. The quantitative estimate of drug-likeness (QED) is 0.874. The van der Waals surface area contributed by atoms with E-state index in [2.05, 4.69) is 26.1 Å². The fourth-order valence-electron chi connectivity index (χ4n) is 2.40. The van der Waals surface area contributed by atoms with Crippen molar-refractivity contribution in [2.45, 2.75) is 32.6 Å². The zero-order valence-corrected chi connectivity index (χ0v) is 14.4. The summed E-state index contributed by atoms with van der Waals surface area (Å²) in [7, 11) is 0. The molecule has 0 saturated heterocycles. The fraction of sp³-hybridized carbons (Fsp3) is 0.350. The highest BCUT2D eigenvalue weighted by molar-refractivity contribution is 5.77. The minimum atomic E-state index is -0.256. The Morgan fingerprint density at radius 3 is 2.42 bits per heavy atom. The number of hydrogen-bond donors (Lipinski definition) is 1. The molecule has 0 radical (unpaired) electrons. The molecule has 1 amide bonds. The topological polar surface area (TPSA) is 38.3 Å². The Balaban J connectivity index is 1.80. The molecule has 2 aromatic rings. The van der Waals surface area contributed by atoms with Gasteiger partial charge in [-0.15, -0.1) is 0 Å². The van der Waals surface area contributed by atoms with Crippen molar-refractivity contribution in [1.29, 1.82) is 0 Å². The molecule has 128 valence electrons. The van der Waals surface area contributed by atoms with E-state index in [1.807, 2.05) is 24.3 Å². The summed E-state index contributed by atoms with van der Waals surface area (Å²) in [5.41, 5.74) is 2.01. The van der Waals surface area contributed by atoms with Gasteiger partial charge in [-0.2, -0.15) is 0 Å². The minimum absolute atomic E-state index is 0.0174. The Morgan fingerprint density at radius 1 is 1.08 bits per heavy atom. The third kappa shape index (κ3) is 5.37. The summed E-state index contributed by atoms with van der Waals surface area (Å²) < 4.78 is 18.5. The van der Waals surface area contributed by atoms with Gasteiger partial charge in [0.05, 0.1) is 0 Å². The van der Waals surface area contributed by atoms with Crippen LogP contribution < -0.4 is 10.1 Å². The first-order chi connectivity index (χ1) is 11.4. The smallest absolute Gasteiger partial charge is 0.257 e. The van der Waals surface area contributed by atoms with Crippen LogP contribution in [0.4, 0.5) is 4.39 Å². The van der Waals surface area contributed by atoms with Crippen LogP contribution >= 0.6 is 0 Å². The molecule has 0 atom stereocenters. The van der Waals surface area contributed by atoms with Gasteiger partial charge in [-0.05, 0) is 41.2 Å². The summed E-state index contributed by atoms with van der Waals surface area (Å²) in [5.74, 6) is 0.313. The molecule has 1 N–H and O–H groups in total. The standard InChI is InChI=1S/C20H24FNO2/c1-20(2,3)17-6-4-5-7-18(17)24-14-19(23)22-13-12-15-8-10-16(21)11-9-15/h4-11H,12-14H2,1-3H3,(H,22,23). The van der Waals surface area contributed by atoms with Crippen molar-refractivity contribution >= 4 is 5.91 Å². The summed E-state index contributed by atoms with van der Waals surface area (Å²) in [6.07, 6.45) is 0.657. The molecule has 3 nitrogen and oxygen atoms in total. The molecule has 2 rings (SSSR count). The van der Waals surface area contributed by atoms with E-state index in [9.17, 15) is 9.18 Å². The lowest BCUT2D eigenvalue weighted by Crippen LogP contribution is -2.31. The van der Waals surface area contributed by atoms with Crippen LogP contribution in [-0.2, 0) is 16.6 Å².